The van der Waals surface area contributed by atoms with Gasteiger partial charge in [-0.05, 0) is 19.3 Å². The van der Waals surface area contributed by atoms with Crippen LogP contribution in [-0.4, -0.2) is 29.8 Å². The highest BCUT2D eigenvalue weighted by atomic mass is 19.3. The molecule has 1 saturated heterocycles. The van der Waals surface area contributed by atoms with Crippen molar-refractivity contribution in [3.8, 4) is 0 Å². The largest absolute Gasteiger partial charge is 0.428 e. The molecule has 0 aromatic carbocycles. The summed E-state index contributed by atoms with van der Waals surface area (Å²) < 4.78 is 27.4. The van der Waals surface area contributed by atoms with Gasteiger partial charge in [0.25, 0.3) is 0 Å². The lowest BCUT2D eigenvalue weighted by Crippen LogP contribution is -2.47. The first-order chi connectivity index (χ1) is 7.11. The highest BCUT2D eigenvalue weighted by molar-refractivity contribution is 5.67. The summed E-state index contributed by atoms with van der Waals surface area (Å²) in [5.74, 6) is 0. The van der Waals surface area contributed by atoms with Gasteiger partial charge in [0, 0.05) is 12.1 Å². The first-order valence-corrected chi connectivity index (χ1v) is 5.15. The van der Waals surface area contributed by atoms with E-state index in [4.69, 9.17) is 0 Å². The molecule has 1 saturated carbocycles. The molecule has 0 radical (unpaired) electrons. The number of nitrogens with zero attached hydrogens (tertiary/aromatic N) is 1. The number of hydrazine groups is 1. The van der Waals surface area contributed by atoms with Gasteiger partial charge in [0.15, 0.2) is 0 Å². The zero-order chi connectivity index (χ0) is 10.9. The molecule has 4 nitrogen and oxygen atoms in total. The smallest absolute Gasteiger partial charge is 0.385 e. The molecule has 1 spiro atoms. The van der Waals surface area contributed by atoms with Gasteiger partial charge in [0.05, 0.1) is 0 Å². The van der Waals surface area contributed by atoms with Crippen LogP contribution in [0.25, 0.3) is 0 Å². The summed E-state index contributed by atoms with van der Waals surface area (Å²) in [5.41, 5.74) is 2.96. The third-order valence-electron chi connectivity index (χ3n) is 3.16. The lowest BCUT2D eigenvalue weighted by atomic mass is 9.96. The molecule has 86 valence electrons. The van der Waals surface area contributed by atoms with Crippen molar-refractivity contribution in [1.82, 2.24) is 10.4 Å². The van der Waals surface area contributed by atoms with Gasteiger partial charge in [-0.15, -0.1) is 0 Å². The number of halogens is 2. The molecule has 1 aliphatic heterocycles. The Morgan fingerprint density at radius 2 is 2.00 bits per heavy atom. The van der Waals surface area contributed by atoms with Crippen LogP contribution in [0.4, 0.5) is 13.6 Å². The van der Waals surface area contributed by atoms with E-state index in [2.05, 4.69) is 10.2 Å². The topological polar surface area (TPSA) is 41.6 Å². The Bertz CT molecular complexity index is 254. The van der Waals surface area contributed by atoms with Crippen molar-refractivity contribution in [2.45, 2.75) is 44.3 Å². The maximum atomic E-state index is 11.8. The van der Waals surface area contributed by atoms with Crippen LogP contribution in [0, 0.1) is 0 Å². The molecule has 0 unspecified atom stereocenters. The molecule has 1 N–H and O–H groups in total. The van der Waals surface area contributed by atoms with Crippen molar-refractivity contribution in [2.75, 3.05) is 6.54 Å². The van der Waals surface area contributed by atoms with Crippen molar-refractivity contribution in [3.05, 3.63) is 0 Å². The number of alkyl halides is 2. The molecule has 1 aliphatic carbocycles. The third-order valence-corrected chi connectivity index (χ3v) is 3.16. The predicted octanol–water partition coefficient (Wildman–Crippen LogP) is 1.87. The minimum atomic E-state index is -3.04. The number of carbonyl (C=O) groups excluding carboxylic acids is 1. The number of amides is 1. The fraction of sp³-hybridized carbons (Fsp3) is 0.889. The number of hydrogen-bond acceptors (Lipinski definition) is 3. The molecule has 1 amide bonds. The van der Waals surface area contributed by atoms with Crippen LogP contribution in [0.15, 0.2) is 0 Å². The van der Waals surface area contributed by atoms with Crippen molar-refractivity contribution in [1.29, 1.82) is 0 Å². The quantitative estimate of drug-likeness (QED) is 0.733. The summed E-state index contributed by atoms with van der Waals surface area (Å²) >= 11 is 0. The zero-order valence-corrected chi connectivity index (χ0v) is 8.34. The summed E-state index contributed by atoms with van der Waals surface area (Å²) in [6, 6.07) is 0. The number of ether oxygens (including phenoxy) is 1. The van der Waals surface area contributed by atoms with Crippen molar-refractivity contribution >= 4 is 6.09 Å². The Labute approximate surface area is 86.5 Å². The van der Waals surface area contributed by atoms with E-state index in [9.17, 15) is 13.6 Å². The van der Waals surface area contributed by atoms with Gasteiger partial charge in [0.2, 0.25) is 0 Å². The summed E-state index contributed by atoms with van der Waals surface area (Å²) in [6.07, 6.45) is 4.12. The summed E-state index contributed by atoms with van der Waals surface area (Å²) in [7, 11) is 0. The molecule has 0 aromatic heterocycles. The van der Waals surface area contributed by atoms with E-state index in [1.807, 2.05) is 0 Å². The van der Waals surface area contributed by atoms with E-state index < -0.39 is 12.7 Å². The maximum absolute atomic E-state index is 11.8. The highest BCUT2D eigenvalue weighted by Crippen LogP contribution is 2.36. The molecule has 2 fully saturated rings. The van der Waals surface area contributed by atoms with Crippen LogP contribution in [-0.2, 0) is 4.74 Å². The number of hydrogen-bond donors (Lipinski definition) is 1. The van der Waals surface area contributed by atoms with E-state index in [0.717, 1.165) is 37.1 Å². The molecular formula is C9H14F2N2O2. The van der Waals surface area contributed by atoms with Gasteiger partial charge in [-0.3, -0.25) is 0 Å². The normalized spacial score (nSPS) is 24.1. The van der Waals surface area contributed by atoms with Crippen LogP contribution in [0.2, 0.25) is 0 Å². The lowest BCUT2D eigenvalue weighted by Gasteiger charge is -2.24. The second-order valence-electron chi connectivity index (χ2n) is 4.15. The summed E-state index contributed by atoms with van der Waals surface area (Å²) in [6.45, 7) is -2.59. The van der Waals surface area contributed by atoms with Gasteiger partial charge in [-0.1, -0.05) is 12.8 Å². The van der Waals surface area contributed by atoms with Gasteiger partial charge in [-0.25, -0.2) is 15.2 Å². The van der Waals surface area contributed by atoms with Crippen LogP contribution >= 0.6 is 0 Å². The molecular weight excluding hydrogens is 206 g/mol. The van der Waals surface area contributed by atoms with E-state index in [0.29, 0.717) is 6.54 Å². The Hall–Kier alpha value is -0.910. The molecule has 2 aliphatic rings. The zero-order valence-electron chi connectivity index (χ0n) is 8.34. The first-order valence-electron chi connectivity index (χ1n) is 5.15. The van der Waals surface area contributed by atoms with Crippen LogP contribution < -0.4 is 5.43 Å². The Balaban J connectivity index is 1.89. The average molecular weight is 220 g/mol. The minimum Gasteiger partial charge on any atom is -0.385 e. The summed E-state index contributed by atoms with van der Waals surface area (Å²) in [5, 5.41) is 1.16. The minimum absolute atomic E-state index is 0.0405. The molecule has 0 aromatic rings. The van der Waals surface area contributed by atoms with Gasteiger partial charge < -0.3 is 4.74 Å². The van der Waals surface area contributed by atoms with E-state index in [1.165, 1.54) is 0 Å². The number of rotatable bonds is 1. The highest BCUT2D eigenvalue weighted by Gasteiger charge is 2.42. The van der Waals surface area contributed by atoms with Gasteiger partial charge in [-0.2, -0.15) is 8.78 Å². The van der Waals surface area contributed by atoms with Crippen molar-refractivity contribution in [3.63, 3.8) is 0 Å². The number of nitrogens with one attached hydrogen (secondary N) is 1. The lowest BCUT2D eigenvalue weighted by molar-refractivity contribution is -0.0946. The van der Waals surface area contributed by atoms with E-state index >= 15 is 0 Å². The second-order valence-corrected chi connectivity index (χ2v) is 4.15. The second kappa shape index (κ2) is 3.92. The van der Waals surface area contributed by atoms with Gasteiger partial charge in [0.1, 0.15) is 0 Å². The monoisotopic (exact) mass is 220 g/mol. The molecule has 6 heteroatoms. The van der Waals surface area contributed by atoms with Crippen LogP contribution in [0.3, 0.4) is 0 Å². The maximum Gasteiger partial charge on any atom is 0.428 e. The standard InChI is InChI=1S/C9H14F2N2O2/c10-7(11)15-8(14)13-6-5-9(12-13)3-1-2-4-9/h7,12H,1-6H2. The van der Waals surface area contributed by atoms with Crippen LogP contribution in [0.1, 0.15) is 32.1 Å². The predicted molar refractivity (Wildman–Crippen MR) is 48.1 cm³/mol. The van der Waals surface area contributed by atoms with Gasteiger partial charge >= 0.3 is 12.7 Å². The molecule has 15 heavy (non-hydrogen) atoms. The SMILES string of the molecule is O=C(OC(F)F)N1CCC2(CCCC2)N1. The average Bonchev–Trinajstić information content (AvgIpc) is 2.76. The summed E-state index contributed by atoms with van der Waals surface area (Å²) in [4.78, 5) is 11.2. The number of carbonyl (C=O) groups is 1. The van der Waals surface area contributed by atoms with Crippen molar-refractivity contribution < 1.29 is 18.3 Å². The Morgan fingerprint density at radius 3 is 2.60 bits per heavy atom. The Kier molecular flexibility index (Phi) is 2.77. The van der Waals surface area contributed by atoms with E-state index in [-0.39, 0.29) is 5.54 Å². The Morgan fingerprint density at radius 1 is 1.33 bits per heavy atom. The fourth-order valence-electron chi connectivity index (χ4n) is 2.41. The molecule has 1 heterocycles. The fourth-order valence-corrected chi connectivity index (χ4v) is 2.41. The third kappa shape index (κ3) is 2.19. The molecule has 0 bridgehead atoms. The molecule has 0 atom stereocenters. The molecule has 2 rings (SSSR count). The van der Waals surface area contributed by atoms with Crippen molar-refractivity contribution in [2.24, 2.45) is 0 Å². The first kappa shape index (κ1) is 10.6. The van der Waals surface area contributed by atoms with Crippen LogP contribution in [0.5, 0.6) is 0 Å². The van der Waals surface area contributed by atoms with E-state index in [1.54, 1.807) is 0 Å².